The Labute approximate surface area is 203 Å². The second kappa shape index (κ2) is 7.62. The molecule has 1 aromatic carbocycles. The molecule has 3 aliphatic carbocycles. The lowest BCUT2D eigenvalue weighted by Gasteiger charge is -2.40. The molecule has 1 aliphatic heterocycles. The van der Waals surface area contributed by atoms with Crippen LogP contribution in [0.2, 0.25) is 0 Å². The average Bonchev–Trinajstić information content (AvgIpc) is 3.28. The highest BCUT2D eigenvalue weighted by Crippen LogP contribution is 2.43. The highest BCUT2D eigenvalue weighted by atomic mass is 32.2. The SMILES string of the molecule is COC1(c2cc(S(=O)(=O)c3nc(Nc4c5c(cc6c4CCC6)CCC5)n[nH]3)nn2C2CC2)COC1. The summed E-state index contributed by atoms with van der Waals surface area (Å²) < 4.78 is 39.9. The molecular formula is C24H28N6O4S. The van der Waals surface area contributed by atoms with Crippen molar-refractivity contribution in [2.45, 2.75) is 73.2 Å². The molecule has 2 N–H and O–H groups in total. The number of sulfone groups is 1. The second-order valence-corrected chi connectivity index (χ2v) is 11.9. The van der Waals surface area contributed by atoms with Crippen molar-refractivity contribution in [1.29, 1.82) is 0 Å². The molecule has 35 heavy (non-hydrogen) atoms. The number of nitrogens with zero attached hydrogens (tertiary/aromatic N) is 4. The Morgan fingerprint density at radius 2 is 1.83 bits per heavy atom. The predicted octanol–water partition coefficient (Wildman–Crippen LogP) is 2.76. The monoisotopic (exact) mass is 496 g/mol. The molecule has 0 bridgehead atoms. The van der Waals surface area contributed by atoms with Gasteiger partial charge in [-0.05, 0) is 73.6 Å². The first-order valence-electron chi connectivity index (χ1n) is 12.3. The van der Waals surface area contributed by atoms with Crippen LogP contribution in [0.5, 0.6) is 0 Å². The number of anilines is 2. The molecular weight excluding hydrogens is 468 g/mol. The Kier molecular flexibility index (Phi) is 4.68. The molecule has 1 saturated heterocycles. The molecule has 1 saturated carbocycles. The normalized spacial score (nSPS) is 20.5. The number of aromatic nitrogens is 5. The van der Waals surface area contributed by atoms with Crippen molar-refractivity contribution in [3.05, 3.63) is 40.1 Å². The van der Waals surface area contributed by atoms with E-state index < -0.39 is 15.4 Å². The van der Waals surface area contributed by atoms with Crippen LogP contribution in [-0.4, -0.2) is 53.7 Å². The van der Waals surface area contributed by atoms with Gasteiger partial charge >= 0.3 is 0 Å². The quantitative estimate of drug-likeness (QED) is 0.512. The first-order chi connectivity index (χ1) is 17.0. The Bertz CT molecular complexity index is 1400. The number of nitrogens with one attached hydrogen (secondary N) is 2. The van der Waals surface area contributed by atoms with Crippen molar-refractivity contribution in [1.82, 2.24) is 25.0 Å². The van der Waals surface area contributed by atoms with Crippen molar-refractivity contribution in [2.75, 3.05) is 25.6 Å². The van der Waals surface area contributed by atoms with Crippen LogP contribution in [0.1, 0.15) is 59.7 Å². The lowest BCUT2D eigenvalue weighted by atomic mass is 9.97. The molecule has 184 valence electrons. The van der Waals surface area contributed by atoms with Crippen LogP contribution in [0.15, 0.2) is 22.3 Å². The van der Waals surface area contributed by atoms with Gasteiger partial charge < -0.3 is 14.8 Å². The van der Waals surface area contributed by atoms with E-state index in [-0.39, 0.29) is 22.2 Å². The molecule has 0 radical (unpaired) electrons. The maximum Gasteiger partial charge on any atom is 0.260 e. The van der Waals surface area contributed by atoms with Gasteiger partial charge in [-0.3, -0.25) is 4.68 Å². The summed E-state index contributed by atoms with van der Waals surface area (Å²) in [4.78, 5) is 4.35. The second-order valence-electron chi connectivity index (χ2n) is 10.1. The predicted molar refractivity (Wildman–Crippen MR) is 126 cm³/mol. The number of benzene rings is 1. The van der Waals surface area contributed by atoms with E-state index in [1.54, 1.807) is 17.9 Å². The maximum absolute atomic E-state index is 13.5. The largest absolute Gasteiger partial charge is 0.374 e. The molecule has 2 aromatic heterocycles. The average molecular weight is 497 g/mol. The lowest BCUT2D eigenvalue weighted by Crippen LogP contribution is -2.49. The van der Waals surface area contributed by atoms with Gasteiger partial charge in [0, 0.05) is 18.9 Å². The minimum atomic E-state index is -3.99. The van der Waals surface area contributed by atoms with Gasteiger partial charge in [0.05, 0.1) is 24.9 Å². The van der Waals surface area contributed by atoms with E-state index in [2.05, 4.69) is 31.7 Å². The van der Waals surface area contributed by atoms with Crippen LogP contribution >= 0.6 is 0 Å². The standard InChI is InChI=1S/C24H28N6O4S/c1-33-24(12-34-13-24)19-11-20(29-30(19)16-8-9-16)35(31,32)23-26-22(27-28-23)25-21-17-6-2-4-14(17)10-15-5-3-7-18(15)21/h10-11,16H,2-9,12-13H2,1H3,(H2,25,26,27,28). The molecule has 4 aliphatic rings. The summed E-state index contributed by atoms with van der Waals surface area (Å²) in [5.74, 6) is 0.264. The fraction of sp³-hybridized carbons (Fsp3) is 0.542. The van der Waals surface area contributed by atoms with Gasteiger partial charge in [-0.15, -0.1) is 5.10 Å². The molecule has 0 amide bonds. The van der Waals surface area contributed by atoms with Gasteiger partial charge in [0.1, 0.15) is 0 Å². The van der Waals surface area contributed by atoms with E-state index in [9.17, 15) is 8.42 Å². The van der Waals surface area contributed by atoms with Crippen LogP contribution in [0, 0.1) is 0 Å². The van der Waals surface area contributed by atoms with Crippen LogP contribution < -0.4 is 5.32 Å². The third kappa shape index (κ3) is 3.28. The lowest BCUT2D eigenvalue weighted by molar-refractivity contribution is -0.206. The number of aryl methyl sites for hydroxylation is 2. The van der Waals surface area contributed by atoms with Crippen molar-refractivity contribution >= 4 is 21.5 Å². The molecule has 0 unspecified atom stereocenters. The zero-order chi connectivity index (χ0) is 23.8. The third-order valence-electron chi connectivity index (χ3n) is 7.84. The van der Waals surface area contributed by atoms with Crippen molar-refractivity contribution < 1.29 is 17.9 Å². The molecule has 2 fully saturated rings. The molecule has 7 rings (SSSR count). The number of hydrogen-bond donors (Lipinski definition) is 2. The smallest absolute Gasteiger partial charge is 0.260 e. The fourth-order valence-corrected chi connectivity index (χ4v) is 6.73. The number of ether oxygens (including phenoxy) is 2. The Balaban J connectivity index is 1.22. The number of H-pyrrole nitrogens is 1. The first-order valence-corrected chi connectivity index (χ1v) is 13.8. The van der Waals surface area contributed by atoms with Crippen LogP contribution in [0.25, 0.3) is 0 Å². The first kappa shape index (κ1) is 21.5. The van der Waals surface area contributed by atoms with Crippen LogP contribution in [0.3, 0.4) is 0 Å². The van der Waals surface area contributed by atoms with E-state index in [0.717, 1.165) is 62.7 Å². The van der Waals surface area contributed by atoms with Crippen molar-refractivity contribution in [2.24, 2.45) is 0 Å². The summed E-state index contributed by atoms with van der Waals surface area (Å²) >= 11 is 0. The molecule has 0 atom stereocenters. The van der Waals surface area contributed by atoms with Crippen molar-refractivity contribution in [3.8, 4) is 0 Å². The zero-order valence-corrected chi connectivity index (χ0v) is 20.4. The Hall–Kier alpha value is -2.76. The summed E-state index contributed by atoms with van der Waals surface area (Å²) in [5, 5.41) is 14.4. The van der Waals surface area contributed by atoms with Gasteiger partial charge in [-0.2, -0.15) is 10.1 Å². The Morgan fingerprint density at radius 3 is 2.43 bits per heavy atom. The third-order valence-corrected chi connectivity index (χ3v) is 9.28. The van der Waals surface area contributed by atoms with Gasteiger partial charge in [0.15, 0.2) is 10.6 Å². The zero-order valence-electron chi connectivity index (χ0n) is 19.6. The number of hydrogen-bond acceptors (Lipinski definition) is 8. The number of rotatable bonds is 7. The maximum atomic E-state index is 13.5. The van der Waals surface area contributed by atoms with E-state index in [0.29, 0.717) is 13.2 Å². The van der Waals surface area contributed by atoms with Crippen LogP contribution in [-0.2, 0) is 50.6 Å². The summed E-state index contributed by atoms with van der Waals surface area (Å²) in [6.07, 6.45) is 8.43. The highest BCUT2D eigenvalue weighted by Gasteiger charge is 2.47. The van der Waals surface area contributed by atoms with Gasteiger partial charge in [-0.1, -0.05) is 6.07 Å². The van der Waals surface area contributed by atoms with E-state index in [4.69, 9.17) is 9.47 Å². The Morgan fingerprint density at radius 1 is 1.11 bits per heavy atom. The summed E-state index contributed by atoms with van der Waals surface area (Å²) in [5.41, 5.74) is 6.57. The van der Waals surface area contributed by atoms with Gasteiger partial charge in [-0.25, -0.2) is 13.5 Å². The minimum absolute atomic E-state index is 0.0491. The molecule has 0 spiro atoms. The van der Waals surface area contributed by atoms with E-state index in [1.165, 1.54) is 22.3 Å². The van der Waals surface area contributed by atoms with Gasteiger partial charge in [0.2, 0.25) is 5.95 Å². The van der Waals surface area contributed by atoms with Gasteiger partial charge in [0.25, 0.3) is 15.0 Å². The minimum Gasteiger partial charge on any atom is -0.374 e. The number of methoxy groups -OCH3 is 1. The van der Waals surface area contributed by atoms with Crippen molar-refractivity contribution in [3.63, 3.8) is 0 Å². The summed E-state index contributed by atoms with van der Waals surface area (Å²) in [6.45, 7) is 0.757. The topological polar surface area (TPSA) is 124 Å². The molecule has 11 heteroatoms. The number of aromatic amines is 1. The highest BCUT2D eigenvalue weighted by molar-refractivity contribution is 7.91. The number of fused-ring (bicyclic) bond motifs is 2. The molecule has 10 nitrogen and oxygen atoms in total. The fourth-order valence-electron chi connectivity index (χ4n) is 5.70. The molecule has 3 heterocycles. The molecule has 3 aromatic rings. The van der Waals surface area contributed by atoms with E-state index in [1.807, 2.05) is 0 Å². The van der Waals surface area contributed by atoms with Crippen LogP contribution in [0.4, 0.5) is 11.6 Å². The summed E-state index contributed by atoms with van der Waals surface area (Å²) in [7, 11) is -2.37. The summed E-state index contributed by atoms with van der Waals surface area (Å²) in [6, 6.07) is 4.15. The van der Waals surface area contributed by atoms with E-state index >= 15 is 0 Å².